The number of hydrogen-bond donors (Lipinski definition) is 2. The number of rotatable bonds is 6. The molecule has 0 radical (unpaired) electrons. The standard InChI is InChI=1S/C14H23N3O2/c1-9(2)16-14(18)11(4)19-13-7-6-10(3)17-12(13)8-15-5/h6-7,9,11,15H,8H2,1-5H3,(H,16,18). The molecule has 5 heteroatoms. The van der Waals surface area contributed by atoms with Gasteiger partial charge in [0.2, 0.25) is 0 Å². The van der Waals surface area contributed by atoms with Gasteiger partial charge in [0.1, 0.15) is 5.75 Å². The van der Waals surface area contributed by atoms with E-state index in [1.165, 1.54) is 0 Å². The Balaban J connectivity index is 2.78. The molecular weight excluding hydrogens is 242 g/mol. The zero-order valence-electron chi connectivity index (χ0n) is 12.3. The van der Waals surface area contributed by atoms with Crippen molar-refractivity contribution in [2.75, 3.05) is 7.05 Å². The van der Waals surface area contributed by atoms with E-state index < -0.39 is 6.10 Å². The second-order valence-corrected chi connectivity index (χ2v) is 4.85. The minimum Gasteiger partial charge on any atom is -0.479 e. The van der Waals surface area contributed by atoms with Crippen LogP contribution in [0, 0.1) is 6.92 Å². The summed E-state index contributed by atoms with van der Waals surface area (Å²) in [4.78, 5) is 16.2. The Morgan fingerprint density at radius 2 is 2.05 bits per heavy atom. The molecule has 1 aromatic rings. The molecular formula is C14H23N3O2. The monoisotopic (exact) mass is 265 g/mol. The second-order valence-electron chi connectivity index (χ2n) is 4.85. The molecule has 1 heterocycles. The van der Waals surface area contributed by atoms with Crippen molar-refractivity contribution in [3.05, 3.63) is 23.5 Å². The Morgan fingerprint density at radius 1 is 1.37 bits per heavy atom. The Bertz CT molecular complexity index is 433. The highest BCUT2D eigenvalue weighted by Gasteiger charge is 2.17. The molecule has 1 aromatic heterocycles. The summed E-state index contributed by atoms with van der Waals surface area (Å²) in [6, 6.07) is 3.84. The molecule has 0 fully saturated rings. The van der Waals surface area contributed by atoms with Crippen LogP contribution in [0.15, 0.2) is 12.1 Å². The molecule has 0 saturated carbocycles. The smallest absolute Gasteiger partial charge is 0.260 e. The van der Waals surface area contributed by atoms with Crippen molar-refractivity contribution in [3.8, 4) is 5.75 Å². The maximum atomic E-state index is 11.8. The van der Waals surface area contributed by atoms with Crippen LogP contribution in [-0.4, -0.2) is 30.1 Å². The molecule has 0 bridgehead atoms. The van der Waals surface area contributed by atoms with Crippen LogP contribution in [-0.2, 0) is 11.3 Å². The van der Waals surface area contributed by atoms with E-state index in [0.717, 1.165) is 11.4 Å². The van der Waals surface area contributed by atoms with Gasteiger partial charge in [-0.2, -0.15) is 0 Å². The number of carbonyl (C=O) groups excluding carboxylic acids is 1. The molecule has 0 aromatic carbocycles. The highest BCUT2D eigenvalue weighted by molar-refractivity contribution is 5.80. The van der Waals surface area contributed by atoms with Crippen LogP contribution in [0.5, 0.6) is 5.75 Å². The summed E-state index contributed by atoms with van der Waals surface area (Å²) in [6.07, 6.45) is -0.539. The van der Waals surface area contributed by atoms with Gasteiger partial charge < -0.3 is 15.4 Å². The fourth-order valence-corrected chi connectivity index (χ4v) is 1.64. The highest BCUT2D eigenvalue weighted by atomic mass is 16.5. The van der Waals surface area contributed by atoms with Gasteiger partial charge in [-0.05, 0) is 46.9 Å². The van der Waals surface area contributed by atoms with Crippen LogP contribution >= 0.6 is 0 Å². The predicted octanol–water partition coefficient (Wildman–Crippen LogP) is 1.40. The molecule has 1 amide bonds. The average Bonchev–Trinajstić information content (AvgIpc) is 2.32. The van der Waals surface area contributed by atoms with E-state index in [-0.39, 0.29) is 11.9 Å². The topological polar surface area (TPSA) is 63.3 Å². The number of carbonyl (C=O) groups is 1. The normalized spacial score (nSPS) is 12.3. The van der Waals surface area contributed by atoms with Crippen molar-refractivity contribution < 1.29 is 9.53 Å². The summed E-state index contributed by atoms with van der Waals surface area (Å²) in [6.45, 7) is 8.11. The first-order chi connectivity index (χ1) is 8.93. The lowest BCUT2D eigenvalue weighted by Gasteiger charge is -2.18. The lowest BCUT2D eigenvalue weighted by atomic mass is 10.2. The summed E-state index contributed by atoms with van der Waals surface area (Å²) in [7, 11) is 1.85. The summed E-state index contributed by atoms with van der Waals surface area (Å²) in [5, 5.41) is 5.87. The minimum atomic E-state index is -0.539. The predicted molar refractivity (Wildman–Crippen MR) is 75.1 cm³/mol. The SMILES string of the molecule is CNCc1nc(C)ccc1OC(C)C(=O)NC(C)C. The van der Waals surface area contributed by atoms with E-state index in [1.54, 1.807) is 6.92 Å². The fraction of sp³-hybridized carbons (Fsp3) is 0.571. The van der Waals surface area contributed by atoms with Gasteiger partial charge in [-0.3, -0.25) is 9.78 Å². The van der Waals surface area contributed by atoms with Gasteiger partial charge in [-0.1, -0.05) is 0 Å². The van der Waals surface area contributed by atoms with Crippen molar-refractivity contribution in [3.63, 3.8) is 0 Å². The largest absolute Gasteiger partial charge is 0.479 e. The first-order valence-corrected chi connectivity index (χ1v) is 6.52. The van der Waals surface area contributed by atoms with Crippen LogP contribution < -0.4 is 15.4 Å². The van der Waals surface area contributed by atoms with Gasteiger partial charge in [-0.25, -0.2) is 0 Å². The van der Waals surface area contributed by atoms with Crippen LogP contribution in [0.25, 0.3) is 0 Å². The number of amides is 1. The number of nitrogens with zero attached hydrogens (tertiary/aromatic N) is 1. The molecule has 1 rings (SSSR count). The Labute approximate surface area is 114 Å². The summed E-state index contributed by atoms with van der Waals surface area (Å²) < 4.78 is 5.70. The van der Waals surface area contributed by atoms with Crippen molar-refractivity contribution >= 4 is 5.91 Å². The molecule has 0 aliphatic heterocycles. The minimum absolute atomic E-state index is 0.103. The zero-order valence-corrected chi connectivity index (χ0v) is 12.3. The van der Waals surface area contributed by atoms with Crippen molar-refractivity contribution in [2.45, 2.75) is 46.4 Å². The maximum Gasteiger partial charge on any atom is 0.260 e. The number of hydrogen-bond acceptors (Lipinski definition) is 4. The van der Waals surface area contributed by atoms with E-state index >= 15 is 0 Å². The van der Waals surface area contributed by atoms with Crippen LogP contribution in [0.2, 0.25) is 0 Å². The quantitative estimate of drug-likeness (QED) is 0.816. The number of aryl methyl sites for hydroxylation is 1. The van der Waals surface area contributed by atoms with Gasteiger partial charge in [0.15, 0.2) is 6.10 Å². The molecule has 0 saturated heterocycles. The van der Waals surface area contributed by atoms with Crippen molar-refractivity contribution in [2.24, 2.45) is 0 Å². The van der Waals surface area contributed by atoms with Gasteiger partial charge in [0, 0.05) is 18.3 Å². The summed E-state index contributed by atoms with van der Waals surface area (Å²) in [5.41, 5.74) is 1.74. The Kier molecular flexibility index (Phi) is 5.76. The molecule has 0 aliphatic carbocycles. The molecule has 5 nitrogen and oxygen atoms in total. The average molecular weight is 265 g/mol. The molecule has 0 spiro atoms. The van der Waals surface area contributed by atoms with E-state index in [9.17, 15) is 4.79 Å². The van der Waals surface area contributed by atoms with E-state index in [2.05, 4.69) is 15.6 Å². The molecule has 106 valence electrons. The fourth-order valence-electron chi connectivity index (χ4n) is 1.64. The molecule has 0 aliphatic rings. The number of pyridine rings is 1. The Morgan fingerprint density at radius 3 is 2.63 bits per heavy atom. The van der Waals surface area contributed by atoms with E-state index in [4.69, 9.17) is 4.74 Å². The lowest BCUT2D eigenvalue weighted by Crippen LogP contribution is -2.40. The lowest BCUT2D eigenvalue weighted by molar-refractivity contribution is -0.127. The van der Waals surface area contributed by atoms with Gasteiger partial charge in [-0.15, -0.1) is 0 Å². The van der Waals surface area contributed by atoms with Gasteiger partial charge >= 0.3 is 0 Å². The molecule has 1 atom stereocenters. The van der Waals surface area contributed by atoms with Gasteiger partial charge in [0.05, 0.1) is 5.69 Å². The Hall–Kier alpha value is -1.62. The maximum absolute atomic E-state index is 11.8. The van der Waals surface area contributed by atoms with Crippen LogP contribution in [0.4, 0.5) is 0 Å². The molecule has 2 N–H and O–H groups in total. The highest BCUT2D eigenvalue weighted by Crippen LogP contribution is 2.18. The van der Waals surface area contributed by atoms with Gasteiger partial charge in [0.25, 0.3) is 5.91 Å². The van der Waals surface area contributed by atoms with Crippen LogP contribution in [0.1, 0.15) is 32.2 Å². The first-order valence-electron chi connectivity index (χ1n) is 6.52. The molecule has 19 heavy (non-hydrogen) atoms. The zero-order chi connectivity index (χ0) is 14.4. The first kappa shape index (κ1) is 15.4. The number of aromatic nitrogens is 1. The second kappa shape index (κ2) is 7.09. The summed E-state index contributed by atoms with van der Waals surface area (Å²) >= 11 is 0. The van der Waals surface area contributed by atoms with Crippen molar-refractivity contribution in [1.29, 1.82) is 0 Å². The van der Waals surface area contributed by atoms with E-state index in [0.29, 0.717) is 12.3 Å². The third kappa shape index (κ3) is 4.87. The van der Waals surface area contributed by atoms with Crippen molar-refractivity contribution in [1.82, 2.24) is 15.6 Å². The van der Waals surface area contributed by atoms with E-state index in [1.807, 2.05) is 40.0 Å². The molecule has 1 unspecified atom stereocenters. The number of ether oxygens (including phenoxy) is 1. The third-order valence-electron chi connectivity index (χ3n) is 2.52. The third-order valence-corrected chi connectivity index (χ3v) is 2.52. The van der Waals surface area contributed by atoms with Crippen LogP contribution in [0.3, 0.4) is 0 Å². The number of nitrogens with one attached hydrogen (secondary N) is 2. The summed E-state index contributed by atoms with van der Waals surface area (Å²) in [5.74, 6) is 0.525.